The molecule has 0 aliphatic carbocycles. The van der Waals surface area contributed by atoms with E-state index in [1.165, 1.54) is 10.6 Å². The van der Waals surface area contributed by atoms with Crippen LogP contribution in [0.5, 0.6) is 0 Å². The monoisotopic (exact) mass is 343 g/mol. The van der Waals surface area contributed by atoms with E-state index in [1.807, 2.05) is 0 Å². The molecule has 0 aliphatic heterocycles. The minimum absolute atomic E-state index is 0.00150. The number of amides is 1. The Hall–Kier alpha value is -2.47. The summed E-state index contributed by atoms with van der Waals surface area (Å²) in [7, 11) is 0. The Morgan fingerprint density at radius 3 is 2.67 bits per heavy atom. The molecule has 1 amide bonds. The van der Waals surface area contributed by atoms with Crippen LogP contribution in [-0.4, -0.2) is 15.3 Å². The van der Waals surface area contributed by atoms with Gasteiger partial charge in [-0.15, -0.1) is 0 Å². The molecular weight excluding hydrogens is 334 g/mol. The summed E-state index contributed by atoms with van der Waals surface area (Å²) in [5.41, 5.74) is 0.722. The van der Waals surface area contributed by atoms with Crippen LogP contribution in [0.4, 0.5) is 5.69 Å². The fourth-order valence-corrected chi connectivity index (χ4v) is 2.18. The van der Waals surface area contributed by atoms with Gasteiger partial charge in [-0.05, 0) is 36.4 Å². The van der Waals surface area contributed by atoms with Crippen LogP contribution in [0.25, 0.3) is 5.65 Å². The first-order valence-electron chi connectivity index (χ1n) is 6.18. The van der Waals surface area contributed by atoms with Gasteiger partial charge in [0.05, 0.1) is 0 Å². The molecule has 0 bridgehead atoms. The van der Waals surface area contributed by atoms with Gasteiger partial charge in [-0.25, -0.2) is 4.98 Å². The van der Waals surface area contributed by atoms with E-state index in [0.717, 1.165) is 4.47 Å². The molecule has 0 spiro atoms. The second-order valence-corrected chi connectivity index (χ2v) is 5.28. The summed E-state index contributed by atoms with van der Waals surface area (Å²) < 4.78 is 2.25. The number of hydrogen-bond acceptors (Lipinski definition) is 3. The Bertz CT molecular complexity index is 872. The molecule has 0 atom stereocenters. The minimum atomic E-state index is -0.479. The number of nitrogens with one attached hydrogen (secondary N) is 1. The van der Waals surface area contributed by atoms with Crippen molar-refractivity contribution in [3.63, 3.8) is 0 Å². The van der Waals surface area contributed by atoms with Crippen LogP contribution >= 0.6 is 15.9 Å². The van der Waals surface area contributed by atoms with Gasteiger partial charge in [-0.3, -0.25) is 14.0 Å². The molecule has 0 saturated carbocycles. The molecule has 6 heteroatoms. The molecule has 2 heterocycles. The lowest BCUT2D eigenvalue weighted by Gasteiger charge is -2.06. The Morgan fingerprint density at radius 2 is 1.90 bits per heavy atom. The van der Waals surface area contributed by atoms with Crippen LogP contribution in [-0.2, 0) is 0 Å². The maximum atomic E-state index is 12.3. The smallest absolute Gasteiger partial charge is 0.270 e. The lowest BCUT2D eigenvalue weighted by molar-refractivity contribution is 0.102. The van der Waals surface area contributed by atoms with Crippen LogP contribution in [0.1, 0.15) is 10.4 Å². The van der Waals surface area contributed by atoms with E-state index in [4.69, 9.17) is 0 Å². The molecule has 21 heavy (non-hydrogen) atoms. The number of nitrogens with zero attached hydrogens (tertiary/aromatic N) is 2. The maximum absolute atomic E-state index is 12.3. The van der Waals surface area contributed by atoms with Crippen molar-refractivity contribution in [2.45, 2.75) is 0 Å². The van der Waals surface area contributed by atoms with Gasteiger partial charge in [0.25, 0.3) is 11.5 Å². The fraction of sp³-hybridized carbons (Fsp3) is 0. The third-order valence-electron chi connectivity index (χ3n) is 2.96. The van der Waals surface area contributed by atoms with E-state index in [2.05, 4.69) is 26.2 Å². The van der Waals surface area contributed by atoms with Gasteiger partial charge in [0.2, 0.25) is 0 Å². The van der Waals surface area contributed by atoms with E-state index >= 15 is 0 Å². The van der Waals surface area contributed by atoms with E-state index in [9.17, 15) is 9.59 Å². The van der Waals surface area contributed by atoms with E-state index < -0.39 is 11.5 Å². The summed E-state index contributed by atoms with van der Waals surface area (Å²) in [4.78, 5) is 28.6. The van der Waals surface area contributed by atoms with Crippen LogP contribution in [0.2, 0.25) is 0 Å². The average molecular weight is 344 g/mol. The van der Waals surface area contributed by atoms with Crippen molar-refractivity contribution in [3.05, 3.63) is 75.2 Å². The number of halogens is 1. The number of aromatic nitrogens is 2. The third-order valence-corrected chi connectivity index (χ3v) is 3.49. The van der Waals surface area contributed by atoms with Crippen LogP contribution < -0.4 is 10.9 Å². The van der Waals surface area contributed by atoms with Crippen molar-refractivity contribution < 1.29 is 4.79 Å². The van der Waals surface area contributed by atoms with Gasteiger partial charge < -0.3 is 5.32 Å². The quantitative estimate of drug-likeness (QED) is 0.778. The molecule has 1 N–H and O–H groups in total. The standard InChI is InChI=1S/C15H10BrN3O2/c16-10-4-6-11(7-5-10)18-14(20)12-9-17-13-3-1-2-8-19(13)15(12)21/h1-9H,(H,18,20). The van der Waals surface area contributed by atoms with E-state index in [1.54, 1.807) is 48.7 Å². The molecule has 1 aromatic carbocycles. The van der Waals surface area contributed by atoms with Crippen LogP contribution in [0, 0.1) is 0 Å². The van der Waals surface area contributed by atoms with Crippen molar-refractivity contribution in [2.24, 2.45) is 0 Å². The lowest BCUT2D eigenvalue weighted by Crippen LogP contribution is -2.26. The molecule has 3 rings (SSSR count). The normalized spacial score (nSPS) is 10.5. The highest BCUT2D eigenvalue weighted by atomic mass is 79.9. The van der Waals surface area contributed by atoms with Crippen molar-refractivity contribution in [1.29, 1.82) is 0 Å². The van der Waals surface area contributed by atoms with Gasteiger partial charge in [0, 0.05) is 22.6 Å². The van der Waals surface area contributed by atoms with Gasteiger partial charge in [-0.2, -0.15) is 0 Å². The molecule has 0 aliphatic rings. The predicted molar refractivity (Wildman–Crippen MR) is 83.6 cm³/mol. The third kappa shape index (κ3) is 2.71. The van der Waals surface area contributed by atoms with E-state index in [-0.39, 0.29) is 5.56 Å². The Kier molecular flexibility index (Phi) is 3.53. The Labute approximate surface area is 128 Å². The van der Waals surface area contributed by atoms with Crippen molar-refractivity contribution in [1.82, 2.24) is 9.38 Å². The molecule has 0 fully saturated rings. The number of anilines is 1. The SMILES string of the molecule is O=C(Nc1ccc(Br)cc1)c1cnc2ccccn2c1=O. The summed E-state index contributed by atoms with van der Waals surface area (Å²) in [6.07, 6.45) is 2.88. The average Bonchev–Trinajstić information content (AvgIpc) is 2.50. The number of pyridine rings is 1. The van der Waals surface area contributed by atoms with Crippen molar-refractivity contribution >= 4 is 33.2 Å². The minimum Gasteiger partial charge on any atom is -0.322 e. The van der Waals surface area contributed by atoms with Gasteiger partial charge in [0.15, 0.2) is 0 Å². The number of benzene rings is 1. The number of rotatable bonds is 2. The molecule has 5 nitrogen and oxygen atoms in total. The first kappa shape index (κ1) is 13.5. The Balaban J connectivity index is 1.96. The second-order valence-electron chi connectivity index (χ2n) is 4.37. The topological polar surface area (TPSA) is 63.5 Å². The summed E-state index contributed by atoms with van der Waals surface area (Å²) >= 11 is 3.32. The molecule has 2 aromatic heterocycles. The number of carbonyl (C=O) groups excluding carboxylic acids is 1. The summed E-state index contributed by atoms with van der Waals surface area (Å²) in [5, 5.41) is 2.68. The number of carbonyl (C=O) groups is 1. The zero-order chi connectivity index (χ0) is 14.8. The first-order chi connectivity index (χ1) is 10.1. The second kappa shape index (κ2) is 5.49. The molecule has 3 aromatic rings. The molecule has 104 valence electrons. The Morgan fingerprint density at radius 1 is 1.14 bits per heavy atom. The maximum Gasteiger partial charge on any atom is 0.270 e. The van der Waals surface area contributed by atoms with Gasteiger partial charge in [-0.1, -0.05) is 22.0 Å². The lowest BCUT2D eigenvalue weighted by atomic mass is 10.2. The highest BCUT2D eigenvalue weighted by Crippen LogP contribution is 2.14. The highest BCUT2D eigenvalue weighted by Gasteiger charge is 2.13. The predicted octanol–water partition coefficient (Wildman–Crippen LogP) is 2.71. The van der Waals surface area contributed by atoms with Crippen molar-refractivity contribution in [3.8, 4) is 0 Å². The fourth-order valence-electron chi connectivity index (χ4n) is 1.91. The molecule has 0 saturated heterocycles. The van der Waals surface area contributed by atoms with E-state index in [0.29, 0.717) is 11.3 Å². The summed E-state index contributed by atoms with van der Waals surface area (Å²) in [6.45, 7) is 0. The number of hydrogen-bond donors (Lipinski definition) is 1. The van der Waals surface area contributed by atoms with Crippen molar-refractivity contribution in [2.75, 3.05) is 5.32 Å². The molecule has 0 unspecified atom stereocenters. The molecule has 0 radical (unpaired) electrons. The zero-order valence-electron chi connectivity index (χ0n) is 10.8. The summed E-state index contributed by atoms with van der Waals surface area (Å²) in [6, 6.07) is 12.3. The number of fused-ring (bicyclic) bond motifs is 1. The first-order valence-corrected chi connectivity index (χ1v) is 6.98. The van der Waals surface area contributed by atoms with Crippen LogP contribution in [0.3, 0.4) is 0 Å². The van der Waals surface area contributed by atoms with Gasteiger partial charge in [0.1, 0.15) is 11.2 Å². The molecular formula is C15H10BrN3O2. The van der Waals surface area contributed by atoms with Gasteiger partial charge >= 0.3 is 0 Å². The van der Waals surface area contributed by atoms with Crippen LogP contribution in [0.15, 0.2) is 64.1 Å². The highest BCUT2D eigenvalue weighted by molar-refractivity contribution is 9.10. The zero-order valence-corrected chi connectivity index (χ0v) is 12.4. The largest absolute Gasteiger partial charge is 0.322 e. The summed E-state index contributed by atoms with van der Waals surface area (Å²) in [5.74, 6) is -0.479.